The molecular weight excluding hydrogens is 512 g/mol. The van der Waals surface area contributed by atoms with Crippen LogP contribution >= 0.6 is 27.3 Å². The molecule has 4 heterocycles. The van der Waals surface area contributed by atoms with Crippen molar-refractivity contribution in [2.24, 2.45) is 5.92 Å². The second-order valence-electron chi connectivity index (χ2n) is 9.33. The predicted molar refractivity (Wildman–Crippen MR) is 140 cm³/mol. The number of carbonyl (C=O) groups is 1. The van der Waals surface area contributed by atoms with Crippen LogP contribution in [-0.2, 0) is 11.2 Å². The lowest BCUT2D eigenvalue weighted by molar-refractivity contribution is -0.946. The molecular formula is C27H30BrN2O3S+. The Hall–Kier alpha value is -2.35. The molecule has 2 bridgehead atoms. The molecule has 6 rings (SSSR count). The van der Waals surface area contributed by atoms with Crippen molar-refractivity contribution >= 4 is 39.0 Å². The Labute approximate surface area is 213 Å². The third-order valence-corrected chi connectivity index (χ3v) is 8.82. The second kappa shape index (κ2) is 10.5. The lowest BCUT2D eigenvalue weighted by Crippen LogP contribution is -2.65. The van der Waals surface area contributed by atoms with E-state index in [4.69, 9.17) is 9.47 Å². The summed E-state index contributed by atoms with van der Waals surface area (Å²) in [6.45, 7) is 4.79. The van der Waals surface area contributed by atoms with Crippen LogP contribution in [0.25, 0.3) is 0 Å². The molecule has 34 heavy (non-hydrogen) atoms. The van der Waals surface area contributed by atoms with Gasteiger partial charge in [-0.05, 0) is 45.8 Å². The van der Waals surface area contributed by atoms with Gasteiger partial charge in [0.15, 0.2) is 6.10 Å². The van der Waals surface area contributed by atoms with Crippen molar-refractivity contribution in [3.8, 4) is 5.75 Å². The average Bonchev–Trinajstić information content (AvgIpc) is 3.26. The first kappa shape index (κ1) is 23.4. The highest BCUT2D eigenvalue weighted by Crippen LogP contribution is 2.36. The number of thiophene rings is 1. The maximum absolute atomic E-state index is 12.9. The van der Waals surface area contributed by atoms with Crippen molar-refractivity contribution < 1.29 is 18.8 Å². The highest BCUT2D eigenvalue weighted by molar-refractivity contribution is 9.10. The maximum Gasteiger partial charge on any atom is 0.412 e. The van der Waals surface area contributed by atoms with Crippen LogP contribution in [0.3, 0.4) is 0 Å². The molecule has 1 atom stereocenters. The van der Waals surface area contributed by atoms with Gasteiger partial charge in [0, 0.05) is 45.6 Å². The first-order chi connectivity index (χ1) is 16.6. The van der Waals surface area contributed by atoms with Gasteiger partial charge in [-0.15, -0.1) is 11.3 Å². The Bertz CT molecular complexity index is 1110. The van der Waals surface area contributed by atoms with Crippen molar-refractivity contribution in [3.63, 3.8) is 0 Å². The summed E-state index contributed by atoms with van der Waals surface area (Å²) < 4.78 is 14.1. The largest absolute Gasteiger partial charge is 0.488 e. The Morgan fingerprint density at radius 2 is 1.85 bits per heavy atom. The molecule has 0 spiro atoms. The molecule has 178 valence electrons. The smallest absolute Gasteiger partial charge is 0.412 e. The lowest BCUT2D eigenvalue weighted by Gasteiger charge is -2.51. The molecule has 1 unspecified atom stereocenters. The number of ether oxygens (including phenoxy) is 2. The van der Waals surface area contributed by atoms with Crippen LogP contribution in [0.4, 0.5) is 10.5 Å². The van der Waals surface area contributed by atoms with Crippen LogP contribution in [0.1, 0.15) is 23.3 Å². The summed E-state index contributed by atoms with van der Waals surface area (Å²) in [7, 11) is 0. The van der Waals surface area contributed by atoms with E-state index in [-0.39, 0.29) is 12.2 Å². The van der Waals surface area contributed by atoms with Crippen LogP contribution < -0.4 is 10.1 Å². The van der Waals surface area contributed by atoms with Crippen molar-refractivity contribution in [1.82, 2.24) is 0 Å². The Balaban J connectivity index is 1.17. The summed E-state index contributed by atoms with van der Waals surface area (Å²) in [6.07, 6.45) is 2.59. The molecule has 7 heteroatoms. The minimum atomic E-state index is -0.350. The summed E-state index contributed by atoms with van der Waals surface area (Å²) in [5.41, 5.74) is 1.91. The molecule has 3 fully saturated rings. The third-order valence-electron chi connectivity index (χ3n) is 7.12. The van der Waals surface area contributed by atoms with Gasteiger partial charge < -0.3 is 14.0 Å². The maximum atomic E-state index is 12.9. The van der Waals surface area contributed by atoms with Gasteiger partial charge in [0.1, 0.15) is 25.4 Å². The lowest BCUT2D eigenvalue weighted by atomic mass is 9.83. The van der Waals surface area contributed by atoms with Crippen molar-refractivity contribution in [3.05, 3.63) is 81.0 Å². The summed E-state index contributed by atoms with van der Waals surface area (Å²) in [5.74, 6) is 1.37. The highest BCUT2D eigenvalue weighted by atomic mass is 79.9. The fraction of sp³-hybridized carbons (Fsp3) is 0.370. The van der Waals surface area contributed by atoms with Crippen LogP contribution in [0.15, 0.2) is 70.5 Å². The van der Waals surface area contributed by atoms with Gasteiger partial charge >= 0.3 is 6.09 Å². The molecule has 3 saturated heterocycles. The number of fused-ring (bicyclic) bond motifs is 3. The van der Waals surface area contributed by atoms with Crippen molar-refractivity contribution in [2.75, 3.05) is 38.1 Å². The van der Waals surface area contributed by atoms with Crippen molar-refractivity contribution in [1.29, 1.82) is 0 Å². The Kier molecular flexibility index (Phi) is 7.23. The van der Waals surface area contributed by atoms with Gasteiger partial charge in [-0.1, -0.05) is 36.4 Å². The molecule has 5 nitrogen and oxygen atoms in total. The number of anilines is 1. The first-order valence-corrected chi connectivity index (χ1v) is 13.6. The second-order valence-corrected chi connectivity index (χ2v) is 11.2. The molecule has 3 aliphatic heterocycles. The number of halogens is 1. The van der Waals surface area contributed by atoms with Gasteiger partial charge in [0.25, 0.3) is 0 Å². The highest BCUT2D eigenvalue weighted by Gasteiger charge is 2.47. The number of carbonyl (C=O) groups excluding carboxylic acids is 1. The molecule has 0 saturated carbocycles. The van der Waals surface area contributed by atoms with Gasteiger partial charge in [-0.25, -0.2) is 4.79 Å². The zero-order chi connectivity index (χ0) is 23.4. The number of piperidine rings is 3. The van der Waals surface area contributed by atoms with Gasteiger partial charge in [0.2, 0.25) is 0 Å². The molecule has 1 amide bonds. The molecule has 0 aliphatic carbocycles. The van der Waals surface area contributed by atoms with E-state index < -0.39 is 0 Å². The number of rotatable bonds is 8. The van der Waals surface area contributed by atoms with Crippen LogP contribution in [0.2, 0.25) is 0 Å². The van der Waals surface area contributed by atoms with Gasteiger partial charge in [-0.2, -0.15) is 0 Å². The van der Waals surface area contributed by atoms with E-state index in [1.165, 1.54) is 4.88 Å². The minimum Gasteiger partial charge on any atom is -0.488 e. The molecule has 0 radical (unpaired) electrons. The van der Waals surface area contributed by atoms with E-state index in [2.05, 4.69) is 38.8 Å². The molecule has 3 aliphatic rings. The number of para-hydroxylation sites is 2. The number of benzene rings is 2. The predicted octanol–water partition coefficient (Wildman–Crippen LogP) is 6.34. The number of hydrogen-bond acceptors (Lipinski definition) is 4. The summed E-state index contributed by atoms with van der Waals surface area (Å²) in [6, 6.07) is 20.1. The fourth-order valence-corrected chi connectivity index (χ4v) is 6.72. The Morgan fingerprint density at radius 1 is 1.09 bits per heavy atom. The van der Waals surface area contributed by atoms with Gasteiger partial charge in [-0.3, -0.25) is 5.32 Å². The fourth-order valence-electron chi connectivity index (χ4n) is 5.25. The van der Waals surface area contributed by atoms with E-state index in [1.54, 1.807) is 11.3 Å². The van der Waals surface area contributed by atoms with Crippen LogP contribution in [0.5, 0.6) is 5.75 Å². The first-order valence-electron chi connectivity index (χ1n) is 11.9. The van der Waals surface area contributed by atoms with Crippen LogP contribution in [-0.4, -0.2) is 49.5 Å². The third kappa shape index (κ3) is 5.65. The number of nitrogens with one attached hydrogen (secondary N) is 1. The molecule has 1 aromatic heterocycles. The average molecular weight is 543 g/mol. The van der Waals surface area contributed by atoms with E-state index in [0.29, 0.717) is 12.5 Å². The molecule has 1 N–H and O–H groups in total. The van der Waals surface area contributed by atoms with E-state index in [1.807, 2.05) is 48.5 Å². The SMILES string of the molecule is O=C(Nc1ccccc1Cc1cc(Br)cs1)OC1C[N+]2(CCOc3ccccc3)CCC1CC2. The number of amides is 1. The standard InChI is InChI=1S/C27H29BrN2O3S/c28-22-17-24(34-19-22)16-21-6-4-5-9-25(21)29-27(31)33-26-18-30(12-10-20(26)11-13-30)14-15-32-23-7-2-1-3-8-23/h1-9,17,19-20,26H,10-16,18H2/p+1. The zero-order valence-corrected chi connectivity index (χ0v) is 21.5. The van der Waals surface area contributed by atoms with Gasteiger partial charge in [0.05, 0.1) is 13.1 Å². The number of nitrogens with zero attached hydrogens (tertiary/aromatic N) is 1. The normalized spacial score (nSPS) is 23.4. The summed E-state index contributed by atoms with van der Waals surface area (Å²) >= 11 is 5.23. The van der Waals surface area contributed by atoms with E-state index >= 15 is 0 Å². The summed E-state index contributed by atoms with van der Waals surface area (Å²) in [4.78, 5) is 14.1. The number of quaternary nitrogens is 1. The quantitative estimate of drug-likeness (QED) is 0.338. The monoisotopic (exact) mass is 541 g/mol. The minimum absolute atomic E-state index is 0.0420. The van der Waals surface area contributed by atoms with E-state index in [0.717, 1.165) is 71.4 Å². The van der Waals surface area contributed by atoms with Crippen molar-refractivity contribution in [2.45, 2.75) is 25.4 Å². The topological polar surface area (TPSA) is 47.6 Å². The number of hydrogen-bond donors (Lipinski definition) is 1. The molecule has 3 aromatic rings. The molecule has 2 aromatic carbocycles. The summed E-state index contributed by atoms with van der Waals surface area (Å²) in [5, 5.41) is 5.10. The van der Waals surface area contributed by atoms with E-state index in [9.17, 15) is 4.79 Å². The van der Waals surface area contributed by atoms with Crippen LogP contribution in [0, 0.1) is 5.92 Å². The zero-order valence-electron chi connectivity index (χ0n) is 19.1. The Morgan fingerprint density at radius 3 is 2.62 bits per heavy atom.